The van der Waals surface area contributed by atoms with E-state index >= 15 is 0 Å². The number of hydrogen-bond donors (Lipinski definition) is 10. The van der Waals surface area contributed by atoms with Crippen molar-refractivity contribution in [2.75, 3.05) is 33.5 Å². The molecule has 36 heteroatoms. The molecular formula is C59H90Na2O32S2. The second kappa shape index (κ2) is 30.3. The Morgan fingerprint density at radius 3 is 1.92 bits per heavy atom. The van der Waals surface area contributed by atoms with Gasteiger partial charge in [0.15, 0.2) is 31.5 Å². The van der Waals surface area contributed by atoms with Crippen LogP contribution in [-0.4, -0.2) is 275 Å². The van der Waals surface area contributed by atoms with E-state index in [9.17, 15) is 86.6 Å². The Morgan fingerprint density at radius 2 is 1.28 bits per heavy atom. The van der Waals surface area contributed by atoms with Crippen molar-refractivity contribution in [1.82, 2.24) is 0 Å². The standard InChI is InChI=1S/C59H92O32S2.2Na/c1-24(2)11-10-16-58(8)48-28(61)19-57(7)27-12-13-33-55(4,5)34(15-17-56(33,6)26(27)14-18-59(48,57)54(71)90-58)85-52-46(38(66)32(22-80-52)91-93(75,76)77)89-53-47(88-49-39(67)35(63)29(62)21-79-49)40(68)43(25(3)82-53)86-51-42(70)45(37(65)31(84-51)23-81-92(72,73)74)87-50-41(69)44(78-9)36(64)30(20-60)83-50;;/h12,25-26,29-53,60,62-70H,1,10-11,13-23H2,2-9H3,(H,72,73,74)(H,75,76,77);;/q;2*+1/p-2/t25-,26+,29-,30-,31-,32-,33+,34+,35+,36-,37-,38+,39-,40+,41-,42-,43-,44+,45+,46-,47-,48-,49+,50+,51+,52+,53+,56-,57+,58+,59?;;/m1../s1. The Balaban J connectivity index is 0.00000578. The zero-order valence-electron chi connectivity index (χ0n) is 54.8. The van der Waals surface area contributed by atoms with Crippen LogP contribution in [0.3, 0.4) is 0 Å². The second-order valence-corrected chi connectivity index (χ2v) is 30.2. The average Bonchev–Trinajstić information content (AvgIpc) is 1.52. The first-order chi connectivity index (χ1) is 43.4. The van der Waals surface area contributed by atoms with Crippen LogP contribution in [0.25, 0.3) is 0 Å². The van der Waals surface area contributed by atoms with E-state index in [1.54, 1.807) is 0 Å². The van der Waals surface area contributed by atoms with Gasteiger partial charge in [0.05, 0.1) is 50.0 Å². The summed E-state index contributed by atoms with van der Waals surface area (Å²) in [6.07, 6.45) is -38.1. The number of ether oxygens (including phenoxy) is 12. The van der Waals surface area contributed by atoms with Crippen LogP contribution < -0.4 is 59.1 Å². The second-order valence-electron chi connectivity index (χ2n) is 28.1. The van der Waals surface area contributed by atoms with Crippen molar-refractivity contribution in [1.29, 1.82) is 0 Å². The molecule has 0 aromatic heterocycles. The maximum atomic E-state index is 14.5. The predicted octanol–water partition coefficient (Wildman–Crippen LogP) is -8.77. The van der Waals surface area contributed by atoms with Gasteiger partial charge in [-0.2, -0.15) is 0 Å². The van der Waals surface area contributed by atoms with Gasteiger partial charge in [-0.3, -0.25) is 18.0 Å². The number of methoxy groups -OCH3 is 1. The third kappa shape index (κ3) is 15.1. The van der Waals surface area contributed by atoms with Gasteiger partial charge < -0.3 is 117 Å². The number of fused-ring (bicyclic) bond motifs is 4. The van der Waals surface area contributed by atoms with Gasteiger partial charge in [-0.15, -0.1) is 6.58 Å². The maximum absolute atomic E-state index is 14.5. The Morgan fingerprint density at radius 1 is 0.684 bits per heavy atom. The van der Waals surface area contributed by atoms with Crippen molar-refractivity contribution in [2.24, 2.45) is 39.4 Å². The molecule has 0 bridgehead atoms. The number of esters is 1. The number of ketones is 1. The van der Waals surface area contributed by atoms with E-state index in [1.807, 2.05) is 34.6 Å². The van der Waals surface area contributed by atoms with Crippen molar-refractivity contribution in [3.63, 3.8) is 0 Å². The van der Waals surface area contributed by atoms with Crippen LogP contribution in [0, 0.1) is 39.4 Å². The fraction of sp³-hybridized carbons (Fsp3) is 0.898. The fourth-order valence-corrected chi connectivity index (χ4v) is 18.1. The topological polar surface area (TPSA) is 480 Å². The SMILES string of the molecule is C=C(C)CCC[C@]1(C)OC(=O)C23CC[C@H]4C(=CC[C@H]5C(C)(C)[C@@H](O[C@@H]6OC[C@@H](OS(=O)(=O)[O-])[C@H](O)[C@H]6O[C@@H]6O[C@H](C)[C@@H](O[C@@H]7O[C@H](COS(=O)(=O)[O-])[C@@H](O)[C@H](O[C@@H]8O[C@H](CO)[C@@H](O)[C@H](OC)[C@H]8O)[C@H]7O)[C@H](O)[C@H]6O[C@@H]6OC[C@@H](O)[C@H](O)[C@H]6O)CC[C@]45C)[C@]2(C)CC(=O)[C@@H]31.[Na+].[Na+]. The van der Waals surface area contributed by atoms with Crippen LogP contribution in [0.1, 0.15) is 106 Å². The number of aliphatic hydroxyl groups excluding tert-OH is 10. The third-order valence-corrected chi connectivity index (χ3v) is 22.9. The molecular weight excluding hydrogens is 1330 g/mol. The minimum Gasteiger partial charge on any atom is -0.726 e. The monoisotopic (exact) mass is 1420 g/mol. The van der Waals surface area contributed by atoms with Gasteiger partial charge in [-0.1, -0.05) is 44.9 Å². The van der Waals surface area contributed by atoms with E-state index in [0.717, 1.165) is 24.7 Å². The van der Waals surface area contributed by atoms with Crippen molar-refractivity contribution < 1.29 is 211 Å². The average molecular weight is 1420 g/mol. The fourth-order valence-electron chi connectivity index (χ4n) is 17.4. The number of carbonyl (C=O) groups excluding carboxylic acids is 2. The molecule has 10 N–H and O–H groups in total. The number of carbonyl (C=O) groups is 2. The Hall–Kier alpha value is -0.480. The summed E-state index contributed by atoms with van der Waals surface area (Å²) in [5.41, 5.74) is -1.96. The van der Waals surface area contributed by atoms with Gasteiger partial charge in [-0.25, -0.2) is 16.8 Å². The molecule has 32 nitrogen and oxygen atoms in total. The summed E-state index contributed by atoms with van der Waals surface area (Å²) in [6.45, 7) is 13.9. The van der Waals surface area contributed by atoms with Crippen LogP contribution in [0.5, 0.6) is 0 Å². The molecule has 6 aliphatic heterocycles. The molecule has 10 rings (SSSR count). The Labute approximate surface area is 595 Å². The molecule has 6 saturated heterocycles. The van der Waals surface area contributed by atoms with Crippen LogP contribution in [0.2, 0.25) is 0 Å². The van der Waals surface area contributed by atoms with E-state index in [-0.39, 0.29) is 89.1 Å². The molecule has 31 atom stereocenters. The van der Waals surface area contributed by atoms with Crippen molar-refractivity contribution in [2.45, 2.75) is 259 Å². The summed E-state index contributed by atoms with van der Waals surface area (Å²) in [5, 5.41) is 112. The molecule has 0 radical (unpaired) electrons. The van der Waals surface area contributed by atoms with Crippen LogP contribution in [0.15, 0.2) is 23.8 Å². The van der Waals surface area contributed by atoms with Gasteiger partial charge in [0, 0.05) is 18.9 Å². The first-order valence-corrected chi connectivity index (χ1v) is 34.1. The summed E-state index contributed by atoms with van der Waals surface area (Å²) in [6, 6.07) is 0. The van der Waals surface area contributed by atoms with Crippen molar-refractivity contribution in [3.8, 4) is 0 Å². The van der Waals surface area contributed by atoms with E-state index in [0.29, 0.717) is 44.9 Å². The molecule has 4 aliphatic carbocycles. The van der Waals surface area contributed by atoms with Crippen LogP contribution >= 0.6 is 0 Å². The van der Waals surface area contributed by atoms with Gasteiger partial charge >= 0.3 is 65.1 Å². The van der Waals surface area contributed by atoms with Crippen LogP contribution in [-0.2, 0) is 95.6 Å². The first kappa shape index (κ1) is 80.2. The molecule has 95 heavy (non-hydrogen) atoms. The molecule has 10 aliphatic rings. The van der Waals surface area contributed by atoms with Crippen molar-refractivity contribution >= 4 is 32.6 Å². The number of aliphatic hydroxyl groups is 10. The normalized spacial score (nSPS) is 48.2. The minimum absolute atomic E-state index is 0. The maximum Gasteiger partial charge on any atom is 1.00 e. The van der Waals surface area contributed by atoms with Gasteiger partial charge in [-0.05, 0) is 94.8 Å². The van der Waals surface area contributed by atoms with Crippen molar-refractivity contribution in [3.05, 3.63) is 23.8 Å². The van der Waals surface area contributed by atoms with Gasteiger partial charge in [0.25, 0.3) is 0 Å². The summed E-state index contributed by atoms with van der Waals surface area (Å²) < 4.78 is 153. The zero-order chi connectivity index (χ0) is 68.2. The number of cyclic esters (lactones) is 1. The molecule has 1 unspecified atom stereocenters. The van der Waals surface area contributed by atoms with E-state index in [2.05, 4.69) is 23.8 Å². The summed E-state index contributed by atoms with van der Waals surface area (Å²) >= 11 is 0. The molecule has 9 fully saturated rings. The molecule has 3 saturated carbocycles. The van der Waals surface area contributed by atoms with E-state index < -0.39 is 228 Å². The molecule has 532 valence electrons. The quantitative estimate of drug-likeness (QED) is 0.0168. The zero-order valence-corrected chi connectivity index (χ0v) is 60.5. The predicted molar refractivity (Wildman–Crippen MR) is 305 cm³/mol. The first-order valence-electron chi connectivity index (χ1n) is 31.4. The van der Waals surface area contributed by atoms with Crippen LogP contribution in [0.4, 0.5) is 0 Å². The van der Waals surface area contributed by atoms with Gasteiger partial charge in [0.1, 0.15) is 115 Å². The number of allylic oxidation sites excluding steroid dienone is 3. The minimum atomic E-state index is -5.57. The summed E-state index contributed by atoms with van der Waals surface area (Å²) in [5.74, 6) is -1.14. The number of Topliss-reactive ketones (excluding diaryl/α,β-unsaturated/α-hetero) is 1. The third-order valence-electron chi connectivity index (χ3n) is 22.0. The molecule has 0 amide bonds. The summed E-state index contributed by atoms with van der Waals surface area (Å²) in [4.78, 5) is 28.9. The molecule has 0 aromatic rings. The van der Waals surface area contributed by atoms with E-state index in [4.69, 9.17) is 61.0 Å². The number of hydrogen-bond acceptors (Lipinski definition) is 32. The Bertz CT molecular complexity index is 2990. The molecule has 0 aromatic carbocycles. The largest absolute Gasteiger partial charge is 1.00 e. The number of rotatable bonds is 21. The summed E-state index contributed by atoms with van der Waals surface area (Å²) in [7, 11) is -9.98. The Kier molecular flexibility index (Phi) is 25.6. The smallest absolute Gasteiger partial charge is 0.726 e. The molecule has 1 spiro atoms. The molecule has 6 heterocycles. The van der Waals surface area contributed by atoms with Gasteiger partial charge in [0.2, 0.25) is 20.8 Å². The van der Waals surface area contributed by atoms with E-state index in [1.165, 1.54) is 6.92 Å².